The van der Waals surface area contributed by atoms with Crippen molar-refractivity contribution in [2.75, 3.05) is 11.4 Å². The third-order valence-electron chi connectivity index (χ3n) is 4.76. The fraction of sp³-hybridized carbons (Fsp3) is 0.350. The van der Waals surface area contributed by atoms with Crippen molar-refractivity contribution in [1.29, 1.82) is 0 Å². The average molecular weight is 372 g/mol. The number of sulfonamides is 1. The standard InChI is InChI=1S/C20H24N2O3S/c1-13-9-14(2)20(15(3)10-13)26(24,25)21-12-19(23)22-16(4)11-17-7-5-6-8-18(17)22/h5-10,16,21H,11-12H2,1-4H3. The lowest BCUT2D eigenvalue weighted by molar-refractivity contribution is -0.117. The Balaban J connectivity index is 1.80. The van der Waals surface area contributed by atoms with Gasteiger partial charge in [-0.3, -0.25) is 4.79 Å². The molecule has 2 aromatic rings. The van der Waals surface area contributed by atoms with E-state index in [9.17, 15) is 13.2 Å². The molecule has 138 valence electrons. The fourth-order valence-corrected chi connectivity index (χ4v) is 5.27. The molecule has 1 aliphatic heterocycles. The topological polar surface area (TPSA) is 66.5 Å². The molecule has 1 atom stereocenters. The van der Waals surface area contributed by atoms with Crippen LogP contribution < -0.4 is 9.62 Å². The quantitative estimate of drug-likeness (QED) is 0.897. The summed E-state index contributed by atoms with van der Waals surface area (Å²) in [6, 6.07) is 11.4. The molecule has 0 aromatic heterocycles. The molecule has 26 heavy (non-hydrogen) atoms. The fourth-order valence-electron chi connectivity index (χ4n) is 3.85. The lowest BCUT2D eigenvalue weighted by Crippen LogP contribution is -2.43. The molecule has 0 radical (unpaired) electrons. The molecule has 1 N–H and O–H groups in total. The minimum Gasteiger partial charge on any atom is -0.308 e. The number of hydrogen-bond acceptors (Lipinski definition) is 3. The number of para-hydroxylation sites is 1. The van der Waals surface area contributed by atoms with E-state index in [0.29, 0.717) is 11.1 Å². The van der Waals surface area contributed by atoms with E-state index in [-0.39, 0.29) is 23.4 Å². The van der Waals surface area contributed by atoms with Crippen LogP contribution in [-0.2, 0) is 21.2 Å². The second-order valence-corrected chi connectivity index (χ2v) is 8.70. The summed E-state index contributed by atoms with van der Waals surface area (Å²) in [7, 11) is -3.76. The van der Waals surface area contributed by atoms with Gasteiger partial charge in [0, 0.05) is 11.7 Å². The van der Waals surface area contributed by atoms with E-state index in [2.05, 4.69) is 4.72 Å². The number of carbonyl (C=O) groups is 1. The van der Waals surface area contributed by atoms with Crippen molar-refractivity contribution in [3.63, 3.8) is 0 Å². The highest BCUT2D eigenvalue weighted by Crippen LogP contribution is 2.31. The zero-order valence-corrected chi connectivity index (χ0v) is 16.4. The normalized spacial score (nSPS) is 16.6. The predicted octanol–water partition coefficient (Wildman–Crippen LogP) is 2.87. The van der Waals surface area contributed by atoms with Crippen molar-refractivity contribution in [2.24, 2.45) is 0 Å². The van der Waals surface area contributed by atoms with Crippen molar-refractivity contribution in [2.45, 2.75) is 45.1 Å². The van der Waals surface area contributed by atoms with Gasteiger partial charge in [-0.05, 0) is 56.9 Å². The maximum Gasteiger partial charge on any atom is 0.242 e. The molecule has 0 aliphatic carbocycles. The van der Waals surface area contributed by atoms with Crippen molar-refractivity contribution in [3.8, 4) is 0 Å². The van der Waals surface area contributed by atoms with Crippen LogP contribution in [0.3, 0.4) is 0 Å². The number of carbonyl (C=O) groups excluding carboxylic acids is 1. The van der Waals surface area contributed by atoms with Gasteiger partial charge in [-0.2, -0.15) is 0 Å². The van der Waals surface area contributed by atoms with Gasteiger partial charge in [-0.1, -0.05) is 35.9 Å². The molecule has 5 nitrogen and oxygen atoms in total. The number of benzene rings is 2. The minimum absolute atomic E-state index is 0.0206. The summed E-state index contributed by atoms with van der Waals surface area (Å²) in [5, 5.41) is 0. The van der Waals surface area contributed by atoms with Gasteiger partial charge in [0.15, 0.2) is 0 Å². The van der Waals surface area contributed by atoms with Gasteiger partial charge in [0.1, 0.15) is 0 Å². The zero-order valence-electron chi connectivity index (χ0n) is 15.5. The number of rotatable bonds is 4. The number of fused-ring (bicyclic) bond motifs is 1. The first-order valence-corrected chi connectivity index (χ1v) is 10.2. The first-order valence-electron chi connectivity index (χ1n) is 8.68. The Labute approximate surface area is 155 Å². The second-order valence-electron chi connectivity index (χ2n) is 7.00. The molecule has 6 heteroatoms. The third kappa shape index (κ3) is 3.39. The Morgan fingerprint density at radius 3 is 2.42 bits per heavy atom. The molecular weight excluding hydrogens is 348 g/mol. The summed E-state index contributed by atoms with van der Waals surface area (Å²) < 4.78 is 28.0. The molecule has 0 fully saturated rings. The molecule has 1 heterocycles. The van der Waals surface area contributed by atoms with Crippen LogP contribution >= 0.6 is 0 Å². The largest absolute Gasteiger partial charge is 0.308 e. The highest BCUT2D eigenvalue weighted by molar-refractivity contribution is 7.89. The zero-order chi connectivity index (χ0) is 19.1. The number of hydrogen-bond donors (Lipinski definition) is 1. The molecule has 0 saturated carbocycles. The van der Waals surface area contributed by atoms with Crippen LogP contribution in [0.2, 0.25) is 0 Å². The van der Waals surface area contributed by atoms with Gasteiger partial charge in [-0.15, -0.1) is 0 Å². The van der Waals surface area contributed by atoms with Gasteiger partial charge in [0.2, 0.25) is 15.9 Å². The summed E-state index contributed by atoms with van der Waals surface area (Å²) in [5.74, 6) is -0.242. The molecular formula is C20H24N2O3S. The Kier molecular flexibility index (Phi) is 4.90. The summed E-state index contributed by atoms with van der Waals surface area (Å²) >= 11 is 0. The number of nitrogens with one attached hydrogen (secondary N) is 1. The third-order valence-corrected chi connectivity index (χ3v) is 6.47. The van der Waals surface area contributed by atoms with Crippen LogP contribution in [0.5, 0.6) is 0 Å². The van der Waals surface area contributed by atoms with Gasteiger partial charge >= 0.3 is 0 Å². The number of aryl methyl sites for hydroxylation is 3. The monoisotopic (exact) mass is 372 g/mol. The van der Waals surface area contributed by atoms with Crippen LogP contribution in [0, 0.1) is 20.8 Å². The maximum atomic E-state index is 12.7. The lowest BCUT2D eigenvalue weighted by atomic mass is 10.1. The molecule has 0 saturated heterocycles. The van der Waals surface area contributed by atoms with Gasteiger partial charge in [0.05, 0.1) is 11.4 Å². The lowest BCUT2D eigenvalue weighted by Gasteiger charge is -2.23. The molecule has 2 aromatic carbocycles. The number of amides is 1. The first kappa shape index (κ1) is 18.6. The summed E-state index contributed by atoms with van der Waals surface area (Å²) in [4.78, 5) is 14.7. The molecule has 0 bridgehead atoms. The summed E-state index contributed by atoms with van der Waals surface area (Å²) in [5.41, 5.74) is 4.36. The predicted molar refractivity (Wildman–Crippen MR) is 103 cm³/mol. The highest BCUT2D eigenvalue weighted by Gasteiger charge is 2.31. The van der Waals surface area contributed by atoms with Crippen LogP contribution in [0.15, 0.2) is 41.3 Å². The Morgan fingerprint density at radius 2 is 1.77 bits per heavy atom. The van der Waals surface area contributed by atoms with Crippen molar-refractivity contribution < 1.29 is 13.2 Å². The summed E-state index contributed by atoms with van der Waals surface area (Å²) in [6.45, 7) is 7.19. The van der Waals surface area contributed by atoms with Gasteiger partial charge in [0.25, 0.3) is 0 Å². The highest BCUT2D eigenvalue weighted by atomic mass is 32.2. The minimum atomic E-state index is -3.76. The smallest absolute Gasteiger partial charge is 0.242 e. The van der Waals surface area contributed by atoms with E-state index in [4.69, 9.17) is 0 Å². The van der Waals surface area contributed by atoms with E-state index in [1.807, 2.05) is 50.2 Å². The van der Waals surface area contributed by atoms with E-state index >= 15 is 0 Å². The molecule has 3 rings (SSSR count). The maximum absolute atomic E-state index is 12.7. The van der Waals surface area contributed by atoms with E-state index < -0.39 is 10.0 Å². The Bertz CT molecular complexity index is 944. The summed E-state index contributed by atoms with van der Waals surface area (Å²) in [6.07, 6.45) is 0.783. The van der Waals surface area contributed by atoms with Crippen LogP contribution in [0.4, 0.5) is 5.69 Å². The Hall–Kier alpha value is -2.18. The average Bonchev–Trinajstić information content (AvgIpc) is 2.87. The number of anilines is 1. The van der Waals surface area contributed by atoms with Crippen LogP contribution in [0.25, 0.3) is 0 Å². The van der Waals surface area contributed by atoms with Crippen LogP contribution in [0.1, 0.15) is 29.2 Å². The molecule has 0 spiro atoms. The molecule has 1 amide bonds. The van der Waals surface area contributed by atoms with Crippen LogP contribution in [-0.4, -0.2) is 26.9 Å². The van der Waals surface area contributed by atoms with E-state index in [1.54, 1.807) is 18.7 Å². The Morgan fingerprint density at radius 1 is 1.15 bits per heavy atom. The van der Waals surface area contributed by atoms with Crippen molar-refractivity contribution >= 4 is 21.6 Å². The number of nitrogens with zero attached hydrogens (tertiary/aromatic N) is 1. The SMILES string of the molecule is Cc1cc(C)c(S(=O)(=O)NCC(=O)N2c3ccccc3CC2C)c(C)c1. The molecule has 1 aliphatic rings. The van der Waals surface area contributed by atoms with Crippen molar-refractivity contribution in [3.05, 3.63) is 58.7 Å². The first-order chi connectivity index (χ1) is 12.2. The second kappa shape index (κ2) is 6.85. The van der Waals surface area contributed by atoms with Gasteiger partial charge < -0.3 is 4.90 Å². The molecule has 1 unspecified atom stereocenters. The van der Waals surface area contributed by atoms with E-state index in [1.165, 1.54) is 0 Å². The van der Waals surface area contributed by atoms with E-state index in [0.717, 1.165) is 23.2 Å². The van der Waals surface area contributed by atoms with Gasteiger partial charge in [-0.25, -0.2) is 13.1 Å². The van der Waals surface area contributed by atoms with Crippen molar-refractivity contribution in [1.82, 2.24) is 4.72 Å².